The van der Waals surface area contributed by atoms with Gasteiger partial charge in [0.15, 0.2) is 10.8 Å². The van der Waals surface area contributed by atoms with Crippen molar-refractivity contribution in [3.8, 4) is 5.69 Å². The van der Waals surface area contributed by atoms with Gasteiger partial charge in [-0.05, 0) is 45.0 Å². The molecule has 0 fully saturated rings. The number of benzene rings is 1. The van der Waals surface area contributed by atoms with Crippen molar-refractivity contribution in [1.82, 2.24) is 24.6 Å². The Kier molecular flexibility index (Phi) is 4.49. The third-order valence-electron chi connectivity index (χ3n) is 4.38. The van der Waals surface area contributed by atoms with Crippen LogP contribution in [0, 0.1) is 5.82 Å². The molecule has 0 spiro atoms. The van der Waals surface area contributed by atoms with Crippen LogP contribution in [0.3, 0.4) is 0 Å². The van der Waals surface area contributed by atoms with Gasteiger partial charge in [0.2, 0.25) is 5.91 Å². The molecule has 1 aromatic carbocycles. The van der Waals surface area contributed by atoms with E-state index in [1.807, 2.05) is 20.8 Å². The highest BCUT2D eigenvalue weighted by atomic mass is 32.2. The fourth-order valence-electron chi connectivity index (χ4n) is 3.24. The standard InChI is InChI=1S/C19H20FN5O2S/c1-19(2,3)23-15(26)8-13-10-28-18-22-16-14(17(27)24(13)18)9-21-25(16)12-6-4-11(20)5-7-12/h4-7,9,13H,8,10H2,1-3H3,(H,23,26). The number of rotatable bonds is 3. The first kappa shape index (κ1) is 18.7. The third-order valence-corrected chi connectivity index (χ3v) is 5.47. The van der Waals surface area contributed by atoms with Crippen molar-refractivity contribution in [2.75, 3.05) is 5.75 Å². The van der Waals surface area contributed by atoms with Crippen molar-refractivity contribution < 1.29 is 9.18 Å². The molecule has 0 saturated heterocycles. The van der Waals surface area contributed by atoms with Gasteiger partial charge in [0, 0.05) is 17.7 Å². The van der Waals surface area contributed by atoms with E-state index in [2.05, 4.69) is 15.4 Å². The molecule has 146 valence electrons. The van der Waals surface area contributed by atoms with Crippen LogP contribution in [-0.4, -0.2) is 36.5 Å². The molecular weight excluding hydrogens is 381 g/mol. The summed E-state index contributed by atoms with van der Waals surface area (Å²) in [6.45, 7) is 5.76. The Bertz CT molecular complexity index is 1110. The second kappa shape index (κ2) is 6.73. The number of thioether (sulfide) groups is 1. The molecule has 1 unspecified atom stereocenters. The number of nitrogens with zero attached hydrogens (tertiary/aromatic N) is 4. The van der Waals surface area contributed by atoms with E-state index < -0.39 is 0 Å². The summed E-state index contributed by atoms with van der Waals surface area (Å²) in [6.07, 6.45) is 1.69. The number of hydrogen-bond acceptors (Lipinski definition) is 5. The van der Waals surface area contributed by atoms with Gasteiger partial charge in [0.25, 0.3) is 5.56 Å². The molecule has 9 heteroatoms. The van der Waals surface area contributed by atoms with Crippen LogP contribution < -0.4 is 10.9 Å². The van der Waals surface area contributed by atoms with Crippen molar-refractivity contribution in [2.24, 2.45) is 0 Å². The summed E-state index contributed by atoms with van der Waals surface area (Å²) in [6, 6.07) is 5.59. The average molecular weight is 401 g/mol. The van der Waals surface area contributed by atoms with Gasteiger partial charge in [-0.3, -0.25) is 14.2 Å². The molecule has 1 N–H and O–H groups in total. The Hall–Kier alpha value is -2.68. The Morgan fingerprint density at radius 3 is 2.71 bits per heavy atom. The second-order valence-corrected chi connectivity index (χ2v) is 8.79. The number of amides is 1. The molecular formula is C19H20FN5O2S. The molecule has 1 aliphatic heterocycles. The highest BCUT2D eigenvalue weighted by Crippen LogP contribution is 2.33. The third kappa shape index (κ3) is 3.42. The molecule has 1 amide bonds. The van der Waals surface area contributed by atoms with E-state index in [1.54, 1.807) is 16.7 Å². The molecule has 0 aliphatic carbocycles. The van der Waals surface area contributed by atoms with E-state index >= 15 is 0 Å². The van der Waals surface area contributed by atoms with Gasteiger partial charge in [-0.1, -0.05) is 11.8 Å². The molecule has 3 aromatic rings. The average Bonchev–Trinajstić information content (AvgIpc) is 3.19. The number of carbonyl (C=O) groups is 1. The summed E-state index contributed by atoms with van der Waals surface area (Å²) in [5.74, 6) is 0.164. The van der Waals surface area contributed by atoms with Gasteiger partial charge in [-0.25, -0.2) is 14.1 Å². The van der Waals surface area contributed by atoms with E-state index in [-0.39, 0.29) is 35.3 Å². The maximum atomic E-state index is 13.2. The Morgan fingerprint density at radius 2 is 2.04 bits per heavy atom. The number of nitrogens with one attached hydrogen (secondary N) is 1. The van der Waals surface area contributed by atoms with Gasteiger partial charge in [0.05, 0.1) is 17.9 Å². The van der Waals surface area contributed by atoms with E-state index in [0.29, 0.717) is 27.6 Å². The lowest BCUT2D eigenvalue weighted by Crippen LogP contribution is -2.42. The van der Waals surface area contributed by atoms with Crippen LogP contribution in [-0.2, 0) is 4.79 Å². The predicted molar refractivity (Wildman–Crippen MR) is 105 cm³/mol. The number of hydrogen-bond donors (Lipinski definition) is 1. The molecule has 1 atom stereocenters. The fraction of sp³-hybridized carbons (Fsp3) is 0.368. The first-order chi connectivity index (χ1) is 13.2. The van der Waals surface area contributed by atoms with Crippen LogP contribution in [0.2, 0.25) is 0 Å². The molecule has 2 aromatic heterocycles. The van der Waals surface area contributed by atoms with Crippen molar-refractivity contribution in [3.63, 3.8) is 0 Å². The van der Waals surface area contributed by atoms with Crippen LogP contribution in [0.1, 0.15) is 33.2 Å². The summed E-state index contributed by atoms with van der Waals surface area (Å²) in [7, 11) is 0. The van der Waals surface area contributed by atoms with Gasteiger partial charge in [-0.15, -0.1) is 0 Å². The van der Waals surface area contributed by atoms with Crippen LogP contribution in [0.15, 0.2) is 40.4 Å². The molecule has 3 heterocycles. The van der Waals surface area contributed by atoms with Crippen LogP contribution in [0.5, 0.6) is 0 Å². The predicted octanol–water partition coefficient (Wildman–Crippen LogP) is 2.67. The zero-order valence-electron chi connectivity index (χ0n) is 15.8. The normalized spacial score (nSPS) is 16.4. The largest absolute Gasteiger partial charge is 0.351 e. The maximum absolute atomic E-state index is 13.2. The lowest BCUT2D eigenvalue weighted by Gasteiger charge is -2.22. The lowest BCUT2D eigenvalue weighted by atomic mass is 10.1. The minimum absolute atomic E-state index is 0.0973. The smallest absolute Gasteiger partial charge is 0.265 e. The minimum Gasteiger partial charge on any atom is -0.351 e. The summed E-state index contributed by atoms with van der Waals surface area (Å²) in [5.41, 5.74) is 0.509. The molecule has 0 bridgehead atoms. The van der Waals surface area contributed by atoms with Gasteiger partial charge in [-0.2, -0.15) is 5.10 Å². The number of aromatic nitrogens is 4. The van der Waals surface area contributed by atoms with Gasteiger partial charge < -0.3 is 5.32 Å². The molecule has 4 rings (SSSR count). The molecule has 0 saturated carbocycles. The van der Waals surface area contributed by atoms with Crippen molar-refractivity contribution in [3.05, 3.63) is 46.6 Å². The molecule has 0 radical (unpaired) electrons. The summed E-state index contributed by atoms with van der Waals surface area (Å²) >= 11 is 1.45. The van der Waals surface area contributed by atoms with Crippen LogP contribution in [0.25, 0.3) is 16.7 Å². The number of halogens is 1. The van der Waals surface area contributed by atoms with Gasteiger partial charge in [0.1, 0.15) is 11.2 Å². The quantitative estimate of drug-likeness (QED) is 0.683. The van der Waals surface area contributed by atoms with Crippen molar-refractivity contribution in [1.29, 1.82) is 0 Å². The Balaban J connectivity index is 1.71. The number of carbonyl (C=O) groups excluding carboxylic acids is 1. The van der Waals surface area contributed by atoms with E-state index in [4.69, 9.17) is 0 Å². The summed E-state index contributed by atoms with van der Waals surface area (Å²) < 4.78 is 16.3. The first-order valence-electron chi connectivity index (χ1n) is 8.93. The van der Waals surface area contributed by atoms with Crippen LogP contribution in [0.4, 0.5) is 4.39 Å². The zero-order chi connectivity index (χ0) is 20.1. The Morgan fingerprint density at radius 1 is 1.32 bits per heavy atom. The lowest BCUT2D eigenvalue weighted by molar-refractivity contribution is -0.123. The number of fused-ring (bicyclic) bond motifs is 2. The zero-order valence-corrected chi connectivity index (χ0v) is 16.6. The van der Waals surface area contributed by atoms with Crippen molar-refractivity contribution >= 4 is 28.7 Å². The fourth-order valence-corrected chi connectivity index (χ4v) is 4.37. The van der Waals surface area contributed by atoms with Crippen LogP contribution >= 0.6 is 11.8 Å². The first-order valence-corrected chi connectivity index (χ1v) is 9.91. The van der Waals surface area contributed by atoms with Crippen molar-refractivity contribution in [2.45, 2.75) is 43.9 Å². The SMILES string of the molecule is CC(C)(C)NC(=O)CC1CSc2nc3c(cnn3-c3ccc(F)cc3)c(=O)n21. The minimum atomic E-state index is -0.346. The molecule has 28 heavy (non-hydrogen) atoms. The second-order valence-electron chi connectivity index (χ2n) is 7.81. The Labute approximate surface area is 165 Å². The summed E-state index contributed by atoms with van der Waals surface area (Å²) in [4.78, 5) is 30.0. The summed E-state index contributed by atoms with van der Waals surface area (Å²) in [5, 5.41) is 8.13. The maximum Gasteiger partial charge on any atom is 0.265 e. The van der Waals surface area contributed by atoms with E-state index in [1.165, 1.54) is 34.8 Å². The molecule has 1 aliphatic rings. The van der Waals surface area contributed by atoms with Gasteiger partial charge >= 0.3 is 0 Å². The molecule has 7 nitrogen and oxygen atoms in total. The van der Waals surface area contributed by atoms with E-state index in [9.17, 15) is 14.0 Å². The monoisotopic (exact) mass is 401 g/mol. The highest BCUT2D eigenvalue weighted by molar-refractivity contribution is 7.99. The van der Waals surface area contributed by atoms with E-state index in [0.717, 1.165) is 0 Å². The highest BCUT2D eigenvalue weighted by Gasteiger charge is 2.30. The topological polar surface area (TPSA) is 81.8 Å².